The van der Waals surface area contributed by atoms with Crippen LogP contribution in [0, 0.1) is 34.6 Å². The van der Waals surface area contributed by atoms with Gasteiger partial charge in [0.25, 0.3) is 5.91 Å². The zero-order valence-electron chi connectivity index (χ0n) is 11.9. The maximum absolute atomic E-state index is 12.3. The second-order valence-corrected chi connectivity index (χ2v) is 6.08. The van der Waals surface area contributed by atoms with Crippen LogP contribution >= 0.6 is 11.3 Å². The van der Waals surface area contributed by atoms with Gasteiger partial charge in [0, 0.05) is 5.69 Å². The van der Waals surface area contributed by atoms with Crippen molar-refractivity contribution >= 4 is 22.9 Å². The Hall–Kier alpha value is -1.68. The van der Waals surface area contributed by atoms with Crippen LogP contribution in [0.3, 0.4) is 0 Å². The molecule has 0 radical (unpaired) electrons. The van der Waals surface area contributed by atoms with Gasteiger partial charge in [0.1, 0.15) is 4.88 Å². The van der Waals surface area contributed by atoms with Crippen LogP contribution in [0.25, 0.3) is 0 Å². The van der Waals surface area contributed by atoms with Crippen molar-refractivity contribution in [2.45, 2.75) is 34.6 Å². The normalized spacial score (nSPS) is 10.6. The molecule has 0 fully saturated rings. The van der Waals surface area contributed by atoms with Crippen LogP contribution in [0.15, 0.2) is 12.1 Å². The average molecular weight is 274 g/mol. The number of hydrogen-bond acceptors (Lipinski definition) is 3. The highest BCUT2D eigenvalue weighted by molar-refractivity contribution is 7.13. The third-order valence-corrected chi connectivity index (χ3v) is 4.10. The maximum atomic E-state index is 12.3. The Bertz CT molecular complexity index is 621. The van der Waals surface area contributed by atoms with Gasteiger partial charge in [0.2, 0.25) is 0 Å². The Morgan fingerprint density at radius 2 is 1.68 bits per heavy atom. The second-order valence-electron chi connectivity index (χ2n) is 4.88. The Morgan fingerprint density at radius 3 is 2.16 bits per heavy atom. The van der Waals surface area contributed by atoms with Gasteiger partial charge in [-0.3, -0.25) is 4.79 Å². The highest BCUT2D eigenvalue weighted by Crippen LogP contribution is 2.24. The molecule has 0 atom stereocenters. The number of carbonyl (C=O) groups is 1. The van der Waals surface area contributed by atoms with E-state index in [1.54, 1.807) is 0 Å². The number of amides is 1. The molecule has 4 heteroatoms. The molecule has 0 spiro atoms. The van der Waals surface area contributed by atoms with Crippen LogP contribution < -0.4 is 5.32 Å². The molecule has 0 aliphatic carbocycles. The molecule has 2 rings (SSSR count). The van der Waals surface area contributed by atoms with E-state index in [1.165, 1.54) is 16.9 Å². The number of nitrogens with one attached hydrogen (secondary N) is 1. The highest BCUT2D eigenvalue weighted by atomic mass is 32.1. The SMILES string of the molecule is Cc1cc(C)c(NC(=O)c2sc(C)nc2C)c(C)c1. The second kappa shape index (κ2) is 5.13. The number of anilines is 1. The van der Waals surface area contributed by atoms with Gasteiger partial charge in [0.05, 0.1) is 10.7 Å². The van der Waals surface area contributed by atoms with E-state index in [-0.39, 0.29) is 5.91 Å². The minimum atomic E-state index is -0.0712. The fraction of sp³-hybridized carbons (Fsp3) is 0.333. The molecular weight excluding hydrogens is 256 g/mol. The van der Waals surface area contributed by atoms with Crippen LogP contribution in [0.4, 0.5) is 5.69 Å². The summed E-state index contributed by atoms with van der Waals surface area (Å²) >= 11 is 1.43. The van der Waals surface area contributed by atoms with Crippen molar-refractivity contribution in [3.63, 3.8) is 0 Å². The summed E-state index contributed by atoms with van der Waals surface area (Å²) in [6.45, 7) is 9.87. The number of aryl methyl sites for hydroxylation is 5. The van der Waals surface area contributed by atoms with Crippen molar-refractivity contribution in [3.8, 4) is 0 Å². The Morgan fingerprint density at radius 1 is 1.11 bits per heavy atom. The number of hydrogen-bond donors (Lipinski definition) is 1. The molecule has 3 nitrogen and oxygen atoms in total. The van der Waals surface area contributed by atoms with Gasteiger partial charge in [-0.25, -0.2) is 4.98 Å². The number of carbonyl (C=O) groups excluding carboxylic acids is 1. The highest BCUT2D eigenvalue weighted by Gasteiger charge is 2.15. The molecule has 0 aliphatic rings. The molecule has 0 aliphatic heterocycles. The summed E-state index contributed by atoms with van der Waals surface area (Å²) in [5, 5.41) is 3.92. The third-order valence-electron chi connectivity index (χ3n) is 3.03. The van der Waals surface area contributed by atoms with E-state index in [1.807, 2.05) is 27.7 Å². The fourth-order valence-electron chi connectivity index (χ4n) is 2.29. The van der Waals surface area contributed by atoms with E-state index >= 15 is 0 Å². The van der Waals surface area contributed by atoms with Crippen molar-refractivity contribution in [2.75, 3.05) is 5.32 Å². The van der Waals surface area contributed by atoms with Gasteiger partial charge in [-0.2, -0.15) is 0 Å². The van der Waals surface area contributed by atoms with Crippen LogP contribution in [-0.2, 0) is 0 Å². The summed E-state index contributed by atoms with van der Waals surface area (Å²) in [6, 6.07) is 4.15. The predicted molar refractivity (Wildman–Crippen MR) is 80.2 cm³/mol. The van der Waals surface area contributed by atoms with Gasteiger partial charge in [-0.1, -0.05) is 17.7 Å². The van der Waals surface area contributed by atoms with Crippen molar-refractivity contribution in [3.05, 3.63) is 44.4 Å². The largest absolute Gasteiger partial charge is 0.321 e. The number of aromatic nitrogens is 1. The van der Waals surface area contributed by atoms with Gasteiger partial charge in [-0.15, -0.1) is 11.3 Å². The molecule has 0 saturated heterocycles. The predicted octanol–water partition coefficient (Wildman–Crippen LogP) is 3.94. The molecule has 0 unspecified atom stereocenters. The first kappa shape index (κ1) is 13.7. The van der Waals surface area contributed by atoms with Crippen LogP contribution in [0.5, 0.6) is 0 Å². The maximum Gasteiger partial charge on any atom is 0.267 e. The van der Waals surface area contributed by atoms with Gasteiger partial charge in [-0.05, 0) is 45.7 Å². The lowest BCUT2D eigenvalue weighted by molar-refractivity contribution is 0.102. The van der Waals surface area contributed by atoms with Crippen molar-refractivity contribution in [2.24, 2.45) is 0 Å². The Labute approximate surface area is 117 Å². The monoisotopic (exact) mass is 274 g/mol. The standard InChI is InChI=1S/C15H18N2OS/c1-8-6-9(2)13(10(3)7-8)17-15(18)14-11(4)16-12(5)19-14/h6-7H,1-5H3,(H,17,18). The Kier molecular flexibility index (Phi) is 3.71. The van der Waals surface area contributed by atoms with E-state index < -0.39 is 0 Å². The van der Waals surface area contributed by atoms with E-state index in [2.05, 4.69) is 29.4 Å². The molecule has 2 aromatic rings. The zero-order valence-corrected chi connectivity index (χ0v) is 12.7. The topological polar surface area (TPSA) is 42.0 Å². The fourth-order valence-corrected chi connectivity index (χ4v) is 3.10. The smallest absolute Gasteiger partial charge is 0.267 e. The lowest BCUT2D eigenvalue weighted by Crippen LogP contribution is -2.13. The van der Waals surface area contributed by atoms with E-state index in [0.717, 1.165) is 27.5 Å². The molecule has 1 aromatic heterocycles. The molecule has 19 heavy (non-hydrogen) atoms. The zero-order chi connectivity index (χ0) is 14.2. The van der Waals surface area contributed by atoms with Gasteiger partial charge in [0.15, 0.2) is 0 Å². The summed E-state index contributed by atoms with van der Waals surface area (Å²) in [6.07, 6.45) is 0. The summed E-state index contributed by atoms with van der Waals surface area (Å²) in [7, 11) is 0. The summed E-state index contributed by atoms with van der Waals surface area (Å²) < 4.78 is 0. The first-order valence-electron chi connectivity index (χ1n) is 6.21. The third kappa shape index (κ3) is 2.84. The molecule has 1 amide bonds. The van der Waals surface area contributed by atoms with Crippen LogP contribution in [0.2, 0.25) is 0 Å². The van der Waals surface area contributed by atoms with Crippen molar-refractivity contribution < 1.29 is 4.79 Å². The van der Waals surface area contributed by atoms with Gasteiger partial charge >= 0.3 is 0 Å². The summed E-state index contributed by atoms with van der Waals surface area (Å²) in [5.74, 6) is -0.0712. The average Bonchev–Trinajstić information content (AvgIpc) is 2.62. The number of nitrogens with zero attached hydrogens (tertiary/aromatic N) is 1. The lowest BCUT2D eigenvalue weighted by atomic mass is 10.1. The first-order chi connectivity index (χ1) is 8.88. The minimum absolute atomic E-state index is 0.0712. The molecule has 100 valence electrons. The van der Waals surface area contributed by atoms with Gasteiger partial charge < -0.3 is 5.32 Å². The van der Waals surface area contributed by atoms with Crippen LogP contribution in [-0.4, -0.2) is 10.9 Å². The number of thiazole rings is 1. The molecule has 0 saturated carbocycles. The summed E-state index contributed by atoms with van der Waals surface area (Å²) in [5.41, 5.74) is 5.08. The van der Waals surface area contributed by atoms with E-state index in [4.69, 9.17) is 0 Å². The molecular formula is C15H18N2OS. The van der Waals surface area contributed by atoms with Crippen LogP contribution in [0.1, 0.15) is 37.1 Å². The summed E-state index contributed by atoms with van der Waals surface area (Å²) in [4.78, 5) is 17.3. The molecule has 1 N–H and O–H groups in total. The minimum Gasteiger partial charge on any atom is -0.321 e. The van der Waals surface area contributed by atoms with E-state index in [9.17, 15) is 4.79 Å². The lowest BCUT2D eigenvalue weighted by Gasteiger charge is -2.12. The molecule has 0 bridgehead atoms. The Balaban J connectivity index is 2.32. The number of rotatable bonds is 2. The number of benzene rings is 1. The van der Waals surface area contributed by atoms with Crippen molar-refractivity contribution in [1.29, 1.82) is 0 Å². The quantitative estimate of drug-likeness (QED) is 0.901. The molecule has 1 heterocycles. The molecule has 1 aromatic carbocycles. The first-order valence-corrected chi connectivity index (χ1v) is 7.03. The van der Waals surface area contributed by atoms with Crippen molar-refractivity contribution in [1.82, 2.24) is 4.98 Å². The van der Waals surface area contributed by atoms with E-state index in [0.29, 0.717) is 4.88 Å².